The molecule has 0 aliphatic heterocycles. The fraction of sp³-hybridized carbons (Fsp3) is 0.520. The van der Waals surface area contributed by atoms with Crippen LogP contribution >= 0.6 is 11.6 Å². The van der Waals surface area contributed by atoms with Crippen LogP contribution in [0.4, 0.5) is 23.2 Å². The first-order valence-electron chi connectivity index (χ1n) is 11.0. The zero-order valence-corrected chi connectivity index (χ0v) is 20.6. The minimum atomic E-state index is -4.62. The van der Waals surface area contributed by atoms with Crippen molar-refractivity contribution in [2.24, 2.45) is 17.8 Å². The summed E-state index contributed by atoms with van der Waals surface area (Å²) < 4.78 is 60.5. The van der Waals surface area contributed by atoms with Crippen molar-refractivity contribution in [3.05, 3.63) is 52.8 Å². The number of esters is 1. The van der Waals surface area contributed by atoms with Crippen LogP contribution in [0, 0.1) is 23.6 Å². The molecule has 2 rings (SSSR count). The largest absolute Gasteiger partial charge is 0.460 e. The van der Waals surface area contributed by atoms with Gasteiger partial charge in [0.15, 0.2) is 0 Å². The average molecular weight is 504 g/mol. The first-order chi connectivity index (χ1) is 15.6. The van der Waals surface area contributed by atoms with Gasteiger partial charge in [-0.15, -0.1) is 0 Å². The Bertz CT molecular complexity index is 966. The minimum absolute atomic E-state index is 0.0178. The Labute approximate surface area is 202 Å². The molecule has 0 saturated heterocycles. The Morgan fingerprint density at radius 2 is 1.85 bits per heavy atom. The van der Waals surface area contributed by atoms with E-state index in [1.54, 1.807) is 33.8 Å². The monoisotopic (exact) mass is 503 g/mol. The van der Waals surface area contributed by atoms with Crippen LogP contribution < -0.4 is 5.32 Å². The van der Waals surface area contributed by atoms with E-state index in [1.165, 1.54) is 24.3 Å². The first kappa shape index (κ1) is 27.9. The molecule has 1 amide bonds. The number of ether oxygens (including phenoxy) is 1. The summed E-state index contributed by atoms with van der Waals surface area (Å²) >= 11 is 5.87. The number of amides is 1. The smallest absolute Gasteiger partial charge is 0.392 e. The van der Waals surface area contributed by atoms with Crippen LogP contribution in [-0.4, -0.2) is 23.7 Å². The lowest BCUT2D eigenvalue weighted by Crippen LogP contribution is -2.40. The molecule has 1 aliphatic carbocycles. The van der Waals surface area contributed by atoms with E-state index in [0.29, 0.717) is 10.6 Å². The number of anilines is 1. The summed E-state index contributed by atoms with van der Waals surface area (Å²) in [6, 6.07) is 3.92. The van der Waals surface area contributed by atoms with E-state index in [9.17, 15) is 27.2 Å². The Morgan fingerprint density at radius 3 is 2.38 bits per heavy atom. The quantitative estimate of drug-likeness (QED) is 0.318. The number of hydrogen-bond donors (Lipinski definition) is 1. The minimum Gasteiger partial charge on any atom is -0.460 e. The molecule has 1 aromatic rings. The number of rotatable bonds is 7. The van der Waals surface area contributed by atoms with Crippen LogP contribution in [0.2, 0.25) is 0 Å². The van der Waals surface area contributed by atoms with E-state index < -0.39 is 47.2 Å². The van der Waals surface area contributed by atoms with Crippen molar-refractivity contribution >= 4 is 29.2 Å². The zero-order chi connectivity index (χ0) is 25.8. The third-order valence-corrected chi connectivity index (χ3v) is 5.90. The van der Waals surface area contributed by atoms with Crippen molar-refractivity contribution in [1.29, 1.82) is 0 Å². The van der Waals surface area contributed by atoms with Gasteiger partial charge in [-0.25, -0.2) is 4.39 Å². The van der Waals surface area contributed by atoms with Gasteiger partial charge in [0.1, 0.15) is 11.4 Å². The maximum Gasteiger partial charge on any atom is 0.392 e. The summed E-state index contributed by atoms with van der Waals surface area (Å²) in [7, 11) is 0. The Balaban J connectivity index is 2.25. The molecule has 1 aliphatic rings. The predicted molar refractivity (Wildman–Crippen MR) is 124 cm³/mol. The van der Waals surface area contributed by atoms with Crippen LogP contribution in [0.25, 0.3) is 0 Å². The van der Waals surface area contributed by atoms with E-state index >= 15 is 0 Å². The Hall–Kier alpha value is -2.35. The molecule has 1 N–H and O–H groups in total. The third kappa shape index (κ3) is 7.86. The van der Waals surface area contributed by atoms with Gasteiger partial charge >= 0.3 is 12.1 Å². The van der Waals surface area contributed by atoms with Crippen molar-refractivity contribution in [1.82, 2.24) is 0 Å². The highest BCUT2D eigenvalue weighted by molar-refractivity contribution is 6.31. The van der Waals surface area contributed by atoms with Crippen LogP contribution in [0.1, 0.15) is 58.9 Å². The van der Waals surface area contributed by atoms with Crippen molar-refractivity contribution in [3.63, 3.8) is 0 Å². The van der Waals surface area contributed by atoms with Crippen molar-refractivity contribution in [3.8, 4) is 0 Å². The maximum absolute atomic E-state index is 14.5. The molecule has 0 aromatic heterocycles. The fourth-order valence-corrected chi connectivity index (χ4v) is 3.95. The van der Waals surface area contributed by atoms with Crippen molar-refractivity contribution in [2.45, 2.75) is 65.2 Å². The van der Waals surface area contributed by atoms with Gasteiger partial charge < -0.3 is 10.1 Å². The second-order valence-electron chi connectivity index (χ2n) is 9.62. The molecule has 0 heterocycles. The SMILES string of the molecule is CC(CC(=O)OC(C)(C)C)c1ccc(F)c(NC(=O)[C@H](C2C=CC(Cl)=CC2)[C@@H](C)C(F)(F)F)c1. The Kier molecular flexibility index (Phi) is 8.97. The molecule has 9 heteroatoms. The number of nitrogens with one attached hydrogen (secondary N) is 1. The molecule has 0 spiro atoms. The van der Waals surface area contributed by atoms with Crippen LogP contribution in [-0.2, 0) is 14.3 Å². The highest BCUT2D eigenvalue weighted by atomic mass is 35.5. The summed E-state index contributed by atoms with van der Waals surface area (Å²) in [5.41, 5.74) is -0.364. The average Bonchev–Trinajstić information content (AvgIpc) is 2.69. The van der Waals surface area contributed by atoms with Gasteiger partial charge in [0, 0.05) is 5.03 Å². The summed E-state index contributed by atoms with van der Waals surface area (Å²) in [5, 5.41) is 2.72. The van der Waals surface area contributed by atoms with Gasteiger partial charge in [0.05, 0.1) is 23.9 Å². The lowest BCUT2D eigenvalue weighted by atomic mass is 9.78. The number of halogens is 5. The summed E-state index contributed by atoms with van der Waals surface area (Å²) in [5.74, 6) is -6.75. The van der Waals surface area contributed by atoms with Crippen LogP contribution in [0.15, 0.2) is 41.5 Å². The number of carbonyl (C=O) groups is 2. The van der Waals surface area contributed by atoms with Gasteiger partial charge in [-0.2, -0.15) is 13.2 Å². The van der Waals surface area contributed by atoms with Gasteiger partial charge in [-0.05, 0) is 62.8 Å². The molecular weight excluding hydrogens is 474 g/mol. The molecule has 4 nitrogen and oxygen atoms in total. The van der Waals surface area contributed by atoms with E-state index in [1.807, 2.05) is 0 Å². The predicted octanol–water partition coefficient (Wildman–Crippen LogP) is 7.11. The Morgan fingerprint density at radius 1 is 1.21 bits per heavy atom. The molecule has 0 saturated carbocycles. The molecule has 34 heavy (non-hydrogen) atoms. The van der Waals surface area contributed by atoms with Crippen LogP contribution in [0.5, 0.6) is 0 Å². The number of alkyl halides is 3. The number of hydrogen-bond acceptors (Lipinski definition) is 3. The lowest BCUT2D eigenvalue weighted by molar-refractivity contribution is -0.188. The fourth-order valence-electron chi connectivity index (χ4n) is 3.79. The first-order valence-corrected chi connectivity index (χ1v) is 11.4. The molecule has 0 bridgehead atoms. The molecule has 2 unspecified atom stereocenters. The van der Waals surface area contributed by atoms with Crippen LogP contribution in [0.3, 0.4) is 0 Å². The molecule has 188 valence electrons. The second kappa shape index (κ2) is 10.9. The molecule has 0 radical (unpaired) electrons. The second-order valence-corrected chi connectivity index (χ2v) is 10.1. The number of carbonyl (C=O) groups excluding carboxylic acids is 2. The van der Waals surface area contributed by atoms with Crippen molar-refractivity contribution < 1.29 is 31.9 Å². The highest BCUT2D eigenvalue weighted by Crippen LogP contribution is 2.39. The highest BCUT2D eigenvalue weighted by Gasteiger charge is 2.47. The maximum atomic E-state index is 14.5. The zero-order valence-electron chi connectivity index (χ0n) is 19.8. The summed E-state index contributed by atoms with van der Waals surface area (Å²) in [6.45, 7) is 7.90. The summed E-state index contributed by atoms with van der Waals surface area (Å²) in [4.78, 5) is 25.1. The molecule has 1 aromatic carbocycles. The third-order valence-electron chi connectivity index (χ3n) is 5.62. The molecular formula is C25H30ClF4NO3. The van der Waals surface area contributed by atoms with Gasteiger partial charge in [-0.1, -0.05) is 43.7 Å². The van der Waals surface area contributed by atoms with E-state index in [4.69, 9.17) is 16.3 Å². The molecule has 0 fully saturated rings. The summed E-state index contributed by atoms with van der Waals surface area (Å²) in [6.07, 6.45) is 0.0364. The number of allylic oxidation sites excluding steroid dienone is 4. The van der Waals surface area contributed by atoms with Crippen molar-refractivity contribution in [2.75, 3.05) is 5.32 Å². The standard InChI is InChI=1S/C25H30ClF4NO3/c1-14(12-21(32)34-24(3,4)5)17-8-11-19(27)20(13-17)31-23(33)22(15(2)25(28,29)30)16-6-9-18(26)10-7-16/h6,8-11,13-16,22H,7,12H2,1-5H3,(H,31,33)/t14?,15-,16?,22+/m1/s1. The normalized spacial score (nSPS) is 19.1. The van der Waals surface area contributed by atoms with Gasteiger partial charge in [0.25, 0.3) is 0 Å². The van der Waals surface area contributed by atoms with E-state index in [0.717, 1.165) is 13.0 Å². The topological polar surface area (TPSA) is 55.4 Å². The van der Waals surface area contributed by atoms with E-state index in [2.05, 4.69) is 5.32 Å². The van der Waals surface area contributed by atoms with E-state index in [-0.39, 0.29) is 24.4 Å². The number of benzene rings is 1. The van der Waals surface area contributed by atoms with Gasteiger partial charge in [0.2, 0.25) is 5.91 Å². The molecule has 4 atom stereocenters. The van der Waals surface area contributed by atoms with Gasteiger partial charge in [-0.3, -0.25) is 9.59 Å². The lowest BCUT2D eigenvalue weighted by Gasteiger charge is -2.31.